The molecular weight excluding hydrogens is 316 g/mol. The van der Waals surface area contributed by atoms with Gasteiger partial charge >= 0.3 is 0 Å². The summed E-state index contributed by atoms with van der Waals surface area (Å²) in [6.07, 6.45) is 6.59. The van der Waals surface area contributed by atoms with Crippen LogP contribution in [0.1, 0.15) is 60.9 Å². The number of carbonyl (C=O) groups is 3. The van der Waals surface area contributed by atoms with Gasteiger partial charge in [0.05, 0.1) is 0 Å². The topological polar surface area (TPSA) is 66.5 Å². The van der Waals surface area contributed by atoms with Crippen LogP contribution in [0.15, 0.2) is 24.3 Å². The zero-order chi connectivity index (χ0) is 17.8. The Hall–Kier alpha value is -2.17. The molecule has 1 atom stereocenters. The van der Waals surface area contributed by atoms with Crippen LogP contribution in [-0.2, 0) is 9.59 Å². The Morgan fingerprint density at radius 2 is 1.72 bits per heavy atom. The number of benzene rings is 1. The van der Waals surface area contributed by atoms with E-state index in [9.17, 15) is 14.4 Å². The van der Waals surface area contributed by atoms with Crippen molar-refractivity contribution in [3.05, 3.63) is 35.4 Å². The summed E-state index contributed by atoms with van der Waals surface area (Å²) in [7, 11) is 0. The van der Waals surface area contributed by atoms with Gasteiger partial charge in [0.25, 0.3) is 11.8 Å². The second-order valence-corrected chi connectivity index (χ2v) is 7.14. The van der Waals surface area contributed by atoms with E-state index < -0.39 is 17.7 Å². The Morgan fingerprint density at radius 3 is 2.44 bits per heavy atom. The standard InChI is InChI=1S/C20H26N2O3/c1-14-8-5-6-11-16(14)20(25)22-13-7-12-17(22)18(23)19(24)21-15-9-3-2-4-10-15/h5-6,8,11,15,17H,2-4,7,9-10,12-13H2,1H3,(H,21,24)/t17-/m0/s1. The Labute approximate surface area is 148 Å². The number of nitrogens with one attached hydrogen (secondary N) is 1. The molecule has 2 fully saturated rings. The second-order valence-electron chi connectivity index (χ2n) is 7.14. The highest BCUT2D eigenvalue weighted by Gasteiger charge is 2.38. The Morgan fingerprint density at radius 1 is 1.00 bits per heavy atom. The fourth-order valence-corrected chi connectivity index (χ4v) is 3.90. The van der Waals surface area contributed by atoms with Gasteiger partial charge in [-0.25, -0.2) is 0 Å². The summed E-state index contributed by atoms with van der Waals surface area (Å²) >= 11 is 0. The highest BCUT2D eigenvalue weighted by molar-refractivity contribution is 6.38. The van der Waals surface area contributed by atoms with Gasteiger partial charge in [-0.15, -0.1) is 0 Å². The number of Topliss-reactive ketones (excluding diaryl/α,β-unsaturated/α-hetero) is 1. The summed E-state index contributed by atoms with van der Waals surface area (Å²) < 4.78 is 0. The lowest BCUT2D eigenvalue weighted by atomic mass is 9.95. The summed E-state index contributed by atoms with van der Waals surface area (Å²) in [5.74, 6) is -1.15. The van der Waals surface area contributed by atoms with E-state index in [2.05, 4.69) is 5.32 Å². The van der Waals surface area contributed by atoms with Crippen LogP contribution < -0.4 is 5.32 Å². The minimum atomic E-state index is -0.629. The fraction of sp³-hybridized carbons (Fsp3) is 0.550. The molecule has 5 heteroatoms. The molecular formula is C20H26N2O3. The maximum absolute atomic E-state index is 12.8. The predicted molar refractivity (Wildman–Crippen MR) is 95.3 cm³/mol. The summed E-state index contributed by atoms with van der Waals surface area (Å²) in [6.45, 7) is 2.41. The van der Waals surface area contributed by atoms with Gasteiger partial charge in [0, 0.05) is 18.2 Å². The van der Waals surface area contributed by atoms with E-state index in [0.717, 1.165) is 37.7 Å². The lowest BCUT2D eigenvalue weighted by Gasteiger charge is -2.26. The molecule has 1 aliphatic carbocycles. The molecule has 1 aromatic rings. The van der Waals surface area contributed by atoms with Crippen molar-refractivity contribution in [1.82, 2.24) is 10.2 Å². The van der Waals surface area contributed by atoms with Gasteiger partial charge in [-0.1, -0.05) is 37.5 Å². The smallest absolute Gasteiger partial charge is 0.289 e. The molecule has 2 aliphatic rings. The lowest BCUT2D eigenvalue weighted by molar-refractivity contribution is -0.140. The third kappa shape index (κ3) is 3.91. The molecule has 5 nitrogen and oxygen atoms in total. The van der Waals surface area contributed by atoms with Gasteiger partial charge in [-0.3, -0.25) is 14.4 Å². The van der Waals surface area contributed by atoms with E-state index in [1.165, 1.54) is 6.42 Å². The SMILES string of the molecule is Cc1ccccc1C(=O)N1CCC[C@H]1C(=O)C(=O)NC1CCCCC1. The number of carbonyl (C=O) groups excluding carboxylic acids is 3. The third-order valence-electron chi connectivity index (χ3n) is 5.36. The molecule has 1 aromatic carbocycles. The molecule has 0 spiro atoms. The van der Waals surface area contributed by atoms with Crippen molar-refractivity contribution >= 4 is 17.6 Å². The number of hydrogen-bond acceptors (Lipinski definition) is 3. The Kier molecular flexibility index (Phi) is 5.51. The maximum Gasteiger partial charge on any atom is 0.289 e. The van der Waals surface area contributed by atoms with Gasteiger partial charge in [0.2, 0.25) is 5.78 Å². The monoisotopic (exact) mass is 342 g/mol. The van der Waals surface area contributed by atoms with Crippen molar-refractivity contribution in [2.24, 2.45) is 0 Å². The summed E-state index contributed by atoms with van der Waals surface area (Å²) in [5.41, 5.74) is 1.49. The molecule has 25 heavy (non-hydrogen) atoms. The molecule has 3 rings (SSSR count). The van der Waals surface area contributed by atoms with Crippen LogP contribution in [0.3, 0.4) is 0 Å². The van der Waals surface area contributed by atoms with Gasteiger partial charge in [-0.05, 0) is 44.2 Å². The molecule has 0 unspecified atom stereocenters. The average molecular weight is 342 g/mol. The van der Waals surface area contributed by atoms with E-state index in [-0.39, 0.29) is 11.9 Å². The molecule has 1 aliphatic heterocycles. The third-order valence-corrected chi connectivity index (χ3v) is 5.36. The van der Waals surface area contributed by atoms with Crippen molar-refractivity contribution in [2.45, 2.75) is 64.0 Å². The van der Waals surface area contributed by atoms with Crippen LogP contribution in [0.4, 0.5) is 0 Å². The maximum atomic E-state index is 12.8. The van der Waals surface area contributed by atoms with Crippen molar-refractivity contribution in [1.29, 1.82) is 0 Å². The van der Waals surface area contributed by atoms with Gasteiger partial charge in [-0.2, -0.15) is 0 Å². The van der Waals surface area contributed by atoms with Crippen molar-refractivity contribution < 1.29 is 14.4 Å². The molecule has 1 saturated heterocycles. The number of hydrogen-bond donors (Lipinski definition) is 1. The van der Waals surface area contributed by atoms with E-state index >= 15 is 0 Å². The first kappa shape index (κ1) is 17.6. The highest BCUT2D eigenvalue weighted by Crippen LogP contribution is 2.23. The van der Waals surface area contributed by atoms with Crippen LogP contribution in [0.5, 0.6) is 0 Å². The van der Waals surface area contributed by atoms with Crippen molar-refractivity contribution in [3.63, 3.8) is 0 Å². The quantitative estimate of drug-likeness (QED) is 0.856. The molecule has 0 bridgehead atoms. The zero-order valence-electron chi connectivity index (χ0n) is 14.8. The normalized spacial score (nSPS) is 21.2. The number of nitrogens with zero attached hydrogens (tertiary/aromatic N) is 1. The Balaban J connectivity index is 1.68. The first-order valence-electron chi connectivity index (χ1n) is 9.29. The predicted octanol–water partition coefficient (Wildman–Crippen LogP) is 2.62. The first-order chi connectivity index (χ1) is 12.1. The number of ketones is 1. The zero-order valence-corrected chi connectivity index (χ0v) is 14.8. The molecule has 1 saturated carbocycles. The fourth-order valence-electron chi connectivity index (χ4n) is 3.90. The van der Waals surface area contributed by atoms with Crippen LogP contribution in [0.2, 0.25) is 0 Å². The van der Waals surface area contributed by atoms with Crippen LogP contribution in [0.25, 0.3) is 0 Å². The summed E-state index contributed by atoms with van der Waals surface area (Å²) in [6, 6.07) is 6.84. The minimum absolute atomic E-state index is 0.104. The van der Waals surface area contributed by atoms with Crippen LogP contribution in [-0.4, -0.2) is 41.1 Å². The second kappa shape index (κ2) is 7.81. The average Bonchev–Trinajstić information content (AvgIpc) is 3.11. The largest absolute Gasteiger partial charge is 0.347 e. The van der Waals surface area contributed by atoms with E-state index in [0.29, 0.717) is 18.5 Å². The molecule has 1 heterocycles. The number of amides is 2. The van der Waals surface area contributed by atoms with Gasteiger partial charge < -0.3 is 10.2 Å². The van der Waals surface area contributed by atoms with E-state index in [1.54, 1.807) is 11.0 Å². The summed E-state index contributed by atoms with van der Waals surface area (Å²) in [4.78, 5) is 39.4. The molecule has 0 radical (unpaired) electrons. The molecule has 134 valence electrons. The lowest BCUT2D eigenvalue weighted by Crippen LogP contribution is -2.49. The highest BCUT2D eigenvalue weighted by atomic mass is 16.2. The number of likely N-dealkylation sites (tertiary alicyclic amines) is 1. The molecule has 1 N–H and O–H groups in total. The number of rotatable bonds is 4. The van der Waals surface area contributed by atoms with Crippen LogP contribution in [0, 0.1) is 6.92 Å². The van der Waals surface area contributed by atoms with Crippen molar-refractivity contribution in [2.75, 3.05) is 6.54 Å². The van der Waals surface area contributed by atoms with E-state index in [1.807, 2.05) is 25.1 Å². The molecule has 0 aromatic heterocycles. The number of aryl methyl sites for hydroxylation is 1. The minimum Gasteiger partial charge on any atom is -0.347 e. The molecule has 2 amide bonds. The summed E-state index contributed by atoms with van der Waals surface area (Å²) in [5, 5.41) is 2.88. The van der Waals surface area contributed by atoms with Gasteiger partial charge in [0.15, 0.2) is 0 Å². The first-order valence-corrected chi connectivity index (χ1v) is 9.29. The Bertz CT molecular complexity index is 665. The van der Waals surface area contributed by atoms with Crippen LogP contribution >= 0.6 is 0 Å². The van der Waals surface area contributed by atoms with Crippen molar-refractivity contribution in [3.8, 4) is 0 Å². The van der Waals surface area contributed by atoms with E-state index in [4.69, 9.17) is 0 Å². The van der Waals surface area contributed by atoms with Gasteiger partial charge in [0.1, 0.15) is 6.04 Å².